The second-order valence-electron chi connectivity index (χ2n) is 4.61. The molecule has 0 aliphatic rings. The SMILES string of the molecule is CC(C)Sc1cccc(CC(=O)C(C)C)c1. The molecule has 1 aromatic rings. The first-order valence-corrected chi connectivity index (χ1v) is 6.65. The highest BCUT2D eigenvalue weighted by atomic mass is 32.2. The zero-order chi connectivity index (χ0) is 12.1. The Balaban J connectivity index is 2.71. The van der Waals surface area contributed by atoms with Gasteiger partial charge >= 0.3 is 0 Å². The summed E-state index contributed by atoms with van der Waals surface area (Å²) in [5.41, 5.74) is 1.13. The van der Waals surface area contributed by atoms with Crippen LogP contribution in [-0.4, -0.2) is 11.0 Å². The summed E-state index contributed by atoms with van der Waals surface area (Å²) in [6, 6.07) is 8.30. The maximum Gasteiger partial charge on any atom is 0.139 e. The van der Waals surface area contributed by atoms with Crippen molar-refractivity contribution < 1.29 is 4.79 Å². The first-order valence-electron chi connectivity index (χ1n) is 5.77. The molecular weight excluding hydrogens is 216 g/mol. The fourth-order valence-corrected chi connectivity index (χ4v) is 2.33. The fraction of sp³-hybridized carbons (Fsp3) is 0.500. The predicted octanol–water partition coefficient (Wildman–Crippen LogP) is 3.95. The van der Waals surface area contributed by atoms with Gasteiger partial charge in [0.2, 0.25) is 0 Å². The summed E-state index contributed by atoms with van der Waals surface area (Å²) in [7, 11) is 0. The van der Waals surface area contributed by atoms with Crippen LogP contribution in [0.5, 0.6) is 0 Å². The topological polar surface area (TPSA) is 17.1 Å². The molecule has 1 nitrogen and oxygen atoms in total. The number of ketones is 1. The molecule has 0 fully saturated rings. The van der Waals surface area contributed by atoms with Crippen molar-refractivity contribution in [1.82, 2.24) is 0 Å². The lowest BCUT2D eigenvalue weighted by Crippen LogP contribution is -2.10. The molecule has 0 radical (unpaired) electrons. The Morgan fingerprint density at radius 2 is 1.94 bits per heavy atom. The lowest BCUT2D eigenvalue weighted by molar-refractivity contribution is -0.121. The molecule has 2 heteroatoms. The van der Waals surface area contributed by atoms with Gasteiger partial charge in [-0.25, -0.2) is 0 Å². The normalized spacial score (nSPS) is 11.1. The number of carbonyl (C=O) groups excluding carboxylic acids is 1. The Morgan fingerprint density at radius 1 is 1.25 bits per heavy atom. The second kappa shape index (κ2) is 6.09. The van der Waals surface area contributed by atoms with Crippen LogP contribution in [0, 0.1) is 5.92 Å². The van der Waals surface area contributed by atoms with Gasteiger partial charge in [0.15, 0.2) is 0 Å². The van der Waals surface area contributed by atoms with Crippen molar-refractivity contribution in [2.75, 3.05) is 0 Å². The quantitative estimate of drug-likeness (QED) is 0.720. The molecule has 0 saturated carbocycles. The molecule has 88 valence electrons. The van der Waals surface area contributed by atoms with E-state index in [0.29, 0.717) is 17.5 Å². The van der Waals surface area contributed by atoms with Crippen LogP contribution in [0.3, 0.4) is 0 Å². The van der Waals surface area contributed by atoms with Crippen molar-refractivity contribution in [3.05, 3.63) is 29.8 Å². The zero-order valence-corrected chi connectivity index (χ0v) is 11.3. The van der Waals surface area contributed by atoms with Gasteiger partial charge < -0.3 is 0 Å². The van der Waals surface area contributed by atoms with Crippen molar-refractivity contribution in [3.63, 3.8) is 0 Å². The van der Waals surface area contributed by atoms with Crippen molar-refractivity contribution in [2.24, 2.45) is 5.92 Å². The van der Waals surface area contributed by atoms with Crippen molar-refractivity contribution in [2.45, 2.75) is 44.3 Å². The molecule has 0 atom stereocenters. The maximum atomic E-state index is 11.6. The molecule has 0 bridgehead atoms. The van der Waals surface area contributed by atoms with Crippen LogP contribution in [-0.2, 0) is 11.2 Å². The Labute approximate surface area is 103 Å². The zero-order valence-electron chi connectivity index (χ0n) is 10.5. The number of rotatable bonds is 5. The van der Waals surface area contributed by atoms with Gasteiger partial charge in [-0.2, -0.15) is 0 Å². The average Bonchev–Trinajstić information content (AvgIpc) is 2.16. The Hall–Kier alpha value is -0.760. The van der Waals surface area contributed by atoms with Gasteiger partial charge in [-0.15, -0.1) is 11.8 Å². The highest BCUT2D eigenvalue weighted by molar-refractivity contribution is 7.99. The van der Waals surface area contributed by atoms with E-state index < -0.39 is 0 Å². The predicted molar refractivity (Wildman–Crippen MR) is 71.0 cm³/mol. The van der Waals surface area contributed by atoms with E-state index in [2.05, 4.69) is 26.0 Å². The number of thioether (sulfide) groups is 1. The van der Waals surface area contributed by atoms with Gasteiger partial charge in [0.25, 0.3) is 0 Å². The van der Waals surface area contributed by atoms with E-state index in [1.165, 1.54) is 4.90 Å². The van der Waals surface area contributed by atoms with Crippen LogP contribution in [0.15, 0.2) is 29.2 Å². The largest absolute Gasteiger partial charge is 0.299 e. The van der Waals surface area contributed by atoms with Crippen LogP contribution in [0.2, 0.25) is 0 Å². The first kappa shape index (κ1) is 13.3. The van der Waals surface area contributed by atoms with Crippen LogP contribution in [0.25, 0.3) is 0 Å². The summed E-state index contributed by atoms with van der Waals surface area (Å²) >= 11 is 1.84. The van der Waals surface area contributed by atoms with E-state index in [0.717, 1.165) is 5.56 Å². The molecule has 0 aliphatic carbocycles. The highest BCUT2D eigenvalue weighted by Gasteiger charge is 2.08. The van der Waals surface area contributed by atoms with Crippen LogP contribution in [0.1, 0.15) is 33.3 Å². The molecule has 0 spiro atoms. The third kappa shape index (κ3) is 4.40. The third-order valence-corrected chi connectivity index (χ3v) is 3.29. The number of Topliss-reactive ketones (excluding diaryl/α,β-unsaturated/α-hetero) is 1. The Kier molecular flexibility index (Phi) is 5.07. The Morgan fingerprint density at radius 3 is 2.50 bits per heavy atom. The van der Waals surface area contributed by atoms with E-state index in [4.69, 9.17) is 0 Å². The van der Waals surface area contributed by atoms with Crippen molar-refractivity contribution in [3.8, 4) is 0 Å². The highest BCUT2D eigenvalue weighted by Crippen LogP contribution is 2.23. The minimum atomic E-state index is 0.126. The van der Waals surface area contributed by atoms with E-state index in [-0.39, 0.29) is 5.92 Å². The van der Waals surface area contributed by atoms with E-state index in [9.17, 15) is 4.79 Å². The summed E-state index contributed by atoms with van der Waals surface area (Å²) in [5, 5.41) is 0.580. The minimum Gasteiger partial charge on any atom is -0.299 e. The van der Waals surface area contributed by atoms with Crippen LogP contribution >= 0.6 is 11.8 Å². The molecule has 0 aromatic heterocycles. The summed E-state index contributed by atoms with van der Waals surface area (Å²) < 4.78 is 0. The van der Waals surface area contributed by atoms with Crippen LogP contribution in [0.4, 0.5) is 0 Å². The molecule has 0 unspecified atom stereocenters. The van der Waals surface area contributed by atoms with Gasteiger partial charge in [-0.1, -0.05) is 39.8 Å². The van der Waals surface area contributed by atoms with Crippen molar-refractivity contribution >= 4 is 17.5 Å². The molecule has 16 heavy (non-hydrogen) atoms. The van der Waals surface area contributed by atoms with Gasteiger partial charge in [-0.3, -0.25) is 4.79 Å². The summed E-state index contributed by atoms with van der Waals surface area (Å²) in [4.78, 5) is 12.9. The molecule has 0 heterocycles. The second-order valence-corrected chi connectivity index (χ2v) is 6.26. The molecule has 0 amide bonds. The molecule has 1 rings (SSSR count). The standard InChI is InChI=1S/C14H20OS/c1-10(2)14(15)9-12-6-5-7-13(8-12)16-11(3)4/h5-8,10-11H,9H2,1-4H3. The lowest BCUT2D eigenvalue weighted by atomic mass is 10.0. The van der Waals surface area contributed by atoms with Gasteiger partial charge in [0, 0.05) is 22.5 Å². The van der Waals surface area contributed by atoms with E-state index in [1.807, 2.05) is 37.7 Å². The summed E-state index contributed by atoms with van der Waals surface area (Å²) in [5.74, 6) is 0.438. The molecule has 1 aromatic carbocycles. The third-order valence-electron chi connectivity index (χ3n) is 2.29. The number of hydrogen-bond donors (Lipinski definition) is 0. The fourth-order valence-electron chi connectivity index (χ4n) is 1.41. The van der Waals surface area contributed by atoms with Gasteiger partial charge in [0.05, 0.1) is 0 Å². The summed E-state index contributed by atoms with van der Waals surface area (Å²) in [6.45, 7) is 8.26. The number of benzene rings is 1. The van der Waals surface area contributed by atoms with Gasteiger partial charge in [-0.05, 0) is 17.7 Å². The molecule has 0 N–H and O–H groups in total. The molecular formula is C14H20OS. The van der Waals surface area contributed by atoms with E-state index in [1.54, 1.807) is 0 Å². The van der Waals surface area contributed by atoms with Crippen LogP contribution < -0.4 is 0 Å². The lowest BCUT2D eigenvalue weighted by Gasteiger charge is -2.08. The molecule has 0 aliphatic heterocycles. The number of carbonyl (C=O) groups is 1. The smallest absolute Gasteiger partial charge is 0.139 e. The molecule has 0 saturated heterocycles. The Bertz CT molecular complexity index is 356. The van der Waals surface area contributed by atoms with E-state index >= 15 is 0 Å². The number of hydrogen-bond acceptors (Lipinski definition) is 2. The summed E-state index contributed by atoms with van der Waals surface area (Å²) in [6.07, 6.45) is 0.560. The monoisotopic (exact) mass is 236 g/mol. The maximum absolute atomic E-state index is 11.6. The average molecular weight is 236 g/mol. The first-order chi connectivity index (χ1) is 7.49. The minimum absolute atomic E-state index is 0.126. The van der Waals surface area contributed by atoms with Crippen molar-refractivity contribution in [1.29, 1.82) is 0 Å². The van der Waals surface area contributed by atoms with Gasteiger partial charge in [0.1, 0.15) is 5.78 Å².